The Balaban J connectivity index is 1.71. The fourth-order valence-electron chi connectivity index (χ4n) is 2.81. The Hall–Kier alpha value is -3.09. The summed E-state index contributed by atoms with van der Waals surface area (Å²) in [4.78, 5) is 29.3. The molecule has 3 aromatic rings. The van der Waals surface area contributed by atoms with Crippen molar-refractivity contribution in [2.45, 2.75) is 33.1 Å². The van der Waals surface area contributed by atoms with Gasteiger partial charge < -0.3 is 19.7 Å². The average molecular weight is 368 g/mol. The van der Waals surface area contributed by atoms with Crippen molar-refractivity contribution in [2.24, 2.45) is 0 Å². The Morgan fingerprint density at radius 1 is 1.22 bits per heavy atom. The fourth-order valence-corrected chi connectivity index (χ4v) is 2.81. The third-order valence-electron chi connectivity index (χ3n) is 4.34. The van der Waals surface area contributed by atoms with Gasteiger partial charge in [0.1, 0.15) is 11.5 Å². The largest absolute Gasteiger partial charge is 0.360 e. The lowest BCUT2D eigenvalue weighted by Gasteiger charge is -2.18. The van der Waals surface area contributed by atoms with E-state index in [1.165, 1.54) is 10.5 Å². The van der Waals surface area contributed by atoms with Crippen molar-refractivity contribution >= 4 is 28.5 Å². The van der Waals surface area contributed by atoms with Gasteiger partial charge in [0.15, 0.2) is 5.82 Å². The van der Waals surface area contributed by atoms with Crippen molar-refractivity contribution in [2.75, 3.05) is 18.9 Å². The predicted octanol–water partition coefficient (Wildman–Crippen LogP) is 3.47. The summed E-state index contributed by atoms with van der Waals surface area (Å²) >= 11 is 0. The Morgan fingerprint density at radius 2 is 1.96 bits per heavy atom. The molecule has 2 aromatic heterocycles. The van der Waals surface area contributed by atoms with Crippen LogP contribution < -0.4 is 5.32 Å². The highest BCUT2D eigenvalue weighted by Crippen LogP contribution is 2.26. The van der Waals surface area contributed by atoms with E-state index in [0.29, 0.717) is 17.3 Å². The second kappa shape index (κ2) is 6.90. The summed E-state index contributed by atoms with van der Waals surface area (Å²) in [5.74, 6) is 0.335. The maximum atomic E-state index is 12.7. The molecule has 0 aliphatic carbocycles. The van der Waals surface area contributed by atoms with E-state index in [0.717, 1.165) is 10.9 Å². The van der Waals surface area contributed by atoms with Crippen molar-refractivity contribution in [1.82, 2.24) is 15.0 Å². The topological polar surface area (TPSA) is 91.2 Å². The van der Waals surface area contributed by atoms with Crippen LogP contribution in [0.3, 0.4) is 0 Å². The molecule has 2 N–H and O–H groups in total. The van der Waals surface area contributed by atoms with Gasteiger partial charge in [-0.05, 0) is 30.0 Å². The zero-order chi connectivity index (χ0) is 19.8. The molecular formula is C20H24N4O3. The number of carbonyl (C=O) groups is 2. The van der Waals surface area contributed by atoms with Crippen LogP contribution in [0.4, 0.5) is 5.82 Å². The molecule has 0 aliphatic rings. The number of likely N-dealkylation sites (N-methyl/N-ethyl adjacent to an activating group) is 1. The standard InChI is InChI=1S/C20H24N4O3/c1-12-8-17(23-27-12)22-18(25)11-24(5)19(26)16-9-13-6-7-14(20(2,3)4)10-15(13)21-16/h6-10,21H,11H2,1-5H3,(H,22,23,25). The van der Waals surface area contributed by atoms with Crippen LogP contribution in [0.1, 0.15) is 42.6 Å². The molecule has 27 heavy (non-hydrogen) atoms. The minimum absolute atomic E-state index is 0.0256. The first kappa shape index (κ1) is 18.7. The van der Waals surface area contributed by atoms with Crippen LogP contribution in [0.25, 0.3) is 10.9 Å². The molecule has 0 aliphatic heterocycles. The van der Waals surface area contributed by atoms with Gasteiger partial charge in [-0.3, -0.25) is 9.59 Å². The number of hydrogen-bond acceptors (Lipinski definition) is 4. The Kier molecular flexibility index (Phi) is 4.78. The van der Waals surface area contributed by atoms with Crippen molar-refractivity contribution in [3.8, 4) is 0 Å². The number of aromatic nitrogens is 2. The number of benzene rings is 1. The molecule has 0 bridgehead atoms. The van der Waals surface area contributed by atoms with E-state index in [2.05, 4.69) is 48.4 Å². The molecule has 0 unspecified atom stereocenters. The summed E-state index contributed by atoms with van der Waals surface area (Å²) in [5.41, 5.74) is 2.56. The lowest BCUT2D eigenvalue weighted by atomic mass is 9.87. The monoisotopic (exact) mass is 368 g/mol. The van der Waals surface area contributed by atoms with E-state index in [-0.39, 0.29) is 23.8 Å². The molecule has 1 aromatic carbocycles. The molecule has 0 atom stereocenters. The number of aromatic amines is 1. The number of nitrogens with one attached hydrogen (secondary N) is 2. The maximum Gasteiger partial charge on any atom is 0.270 e. The number of amides is 2. The van der Waals surface area contributed by atoms with E-state index >= 15 is 0 Å². The van der Waals surface area contributed by atoms with Crippen LogP contribution in [0.5, 0.6) is 0 Å². The molecule has 7 nitrogen and oxygen atoms in total. The van der Waals surface area contributed by atoms with Gasteiger partial charge in [-0.15, -0.1) is 0 Å². The summed E-state index contributed by atoms with van der Waals surface area (Å²) in [5, 5.41) is 7.27. The maximum absolute atomic E-state index is 12.7. The van der Waals surface area contributed by atoms with Gasteiger partial charge in [-0.25, -0.2) is 0 Å². The third-order valence-corrected chi connectivity index (χ3v) is 4.34. The smallest absolute Gasteiger partial charge is 0.270 e. The number of H-pyrrole nitrogens is 1. The second-order valence-electron chi connectivity index (χ2n) is 7.77. The van der Waals surface area contributed by atoms with Gasteiger partial charge in [0.25, 0.3) is 5.91 Å². The van der Waals surface area contributed by atoms with E-state index in [1.54, 1.807) is 26.1 Å². The van der Waals surface area contributed by atoms with Gasteiger partial charge in [-0.1, -0.05) is 38.1 Å². The first-order chi connectivity index (χ1) is 12.6. The molecule has 0 saturated carbocycles. The Bertz CT molecular complexity index is 994. The van der Waals surface area contributed by atoms with E-state index in [1.807, 2.05) is 6.07 Å². The van der Waals surface area contributed by atoms with Crippen molar-refractivity contribution < 1.29 is 14.1 Å². The molecule has 3 rings (SSSR count). The number of hydrogen-bond donors (Lipinski definition) is 2. The first-order valence-electron chi connectivity index (χ1n) is 8.75. The van der Waals surface area contributed by atoms with E-state index in [9.17, 15) is 9.59 Å². The number of rotatable bonds is 4. The minimum atomic E-state index is -0.342. The molecule has 0 radical (unpaired) electrons. The van der Waals surface area contributed by atoms with Crippen LogP contribution in [0.2, 0.25) is 0 Å². The minimum Gasteiger partial charge on any atom is -0.360 e. The highest BCUT2D eigenvalue weighted by Gasteiger charge is 2.19. The Labute approximate surface area is 157 Å². The molecule has 0 spiro atoms. The SMILES string of the molecule is Cc1cc(NC(=O)CN(C)C(=O)c2cc3ccc(C(C)(C)C)cc3[nH]2)no1. The second-order valence-corrected chi connectivity index (χ2v) is 7.77. The summed E-state index contributed by atoms with van der Waals surface area (Å²) in [7, 11) is 1.59. The number of nitrogens with zero attached hydrogens (tertiary/aromatic N) is 2. The first-order valence-corrected chi connectivity index (χ1v) is 8.75. The molecule has 0 fully saturated rings. The molecule has 2 heterocycles. The lowest BCUT2D eigenvalue weighted by molar-refractivity contribution is -0.116. The molecular weight excluding hydrogens is 344 g/mol. The van der Waals surface area contributed by atoms with Crippen molar-refractivity contribution in [3.05, 3.63) is 47.3 Å². The molecule has 2 amide bonds. The van der Waals surface area contributed by atoms with Gasteiger partial charge in [0, 0.05) is 24.0 Å². The summed E-state index contributed by atoms with van der Waals surface area (Å²) in [6.45, 7) is 8.08. The zero-order valence-corrected chi connectivity index (χ0v) is 16.2. The summed E-state index contributed by atoms with van der Waals surface area (Å²) in [6, 6.07) is 9.56. The summed E-state index contributed by atoms with van der Waals surface area (Å²) < 4.78 is 4.90. The quantitative estimate of drug-likeness (QED) is 0.738. The van der Waals surface area contributed by atoms with Crippen molar-refractivity contribution in [3.63, 3.8) is 0 Å². The van der Waals surface area contributed by atoms with Crippen molar-refractivity contribution in [1.29, 1.82) is 0 Å². The average Bonchev–Trinajstić information content (AvgIpc) is 3.18. The Morgan fingerprint density at radius 3 is 2.59 bits per heavy atom. The number of aryl methyl sites for hydroxylation is 1. The van der Waals surface area contributed by atoms with Crippen LogP contribution in [-0.4, -0.2) is 40.4 Å². The number of fused-ring (bicyclic) bond motifs is 1. The molecule has 142 valence electrons. The number of carbonyl (C=O) groups excluding carboxylic acids is 2. The fraction of sp³-hybridized carbons (Fsp3) is 0.350. The normalized spacial score (nSPS) is 11.6. The van der Waals surface area contributed by atoms with Gasteiger partial charge >= 0.3 is 0 Å². The molecule has 0 saturated heterocycles. The van der Waals surface area contributed by atoms with Gasteiger partial charge in [0.05, 0.1) is 6.54 Å². The third kappa shape index (κ3) is 4.19. The number of anilines is 1. The van der Waals surface area contributed by atoms with Gasteiger partial charge in [0.2, 0.25) is 5.91 Å². The lowest BCUT2D eigenvalue weighted by Crippen LogP contribution is -2.35. The van der Waals surface area contributed by atoms with Crippen LogP contribution >= 0.6 is 0 Å². The summed E-state index contributed by atoms with van der Waals surface area (Å²) in [6.07, 6.45) is 0. The van der Waals surface area contributed by atoms with Gasteiger partial charge in [-0.2, -0.15) is 0 Å². The van der Waals surface area contributed by atoms with Crippen LogP contribution in [-0.2, 0) is 10.2 Å². The molecule has 7 heteroatoms. The highest BCUT2D eigenvalue weighted by molar-refractivity contribution is 6.01. The highest BCUT2D eigenvalue weighted by atomic mass is 16.5. The van der Waals surface area contributed by atoms with Crippen LogP contribution in [0.15, 0.2) is 34.9 Å². The van der Waals surface area contributed by atoms with E-state index < -0.39 is 0 Å². The zero-order valence-electron chi connectivity index (χ0n) is 16.2. The van der Waals surface area contributed by atoms with E-state index in [4.69, 9.17) is 4.52 Å². The predicted molar refractivity (Wildman–Crippen MR) is 104 cm³/mol. The van der Waals surface area contributed by atoms with Crippen LogP contribution in [0, 0.1) is 6.92 Å².